The number of nitrogens with zero attached hydrogens (tertiary/aromatic N) is 2. The van der Waals surface area contributed by atoms with Crippen LogP contribution in [0.5, 0.6) is 0 Å². The Hall–Kier alpha value is -3.48. The Kier molecular flexibility index (Phi) is 15.5. The molecule has 3 N–H and O–H groups in total. The van der Waals surface area contributed by atoms with Crippen LogP contribution in [-0.2, 0) is 23.6 Å². The van der Waals surface area contributed by atoms with Crippen molar-refractivity contribution in [1.29, 1.82) is 0 Å². The number of aromatic amines is 1. The van der Waals surface area contributed by atoms with E-state index in [1.807, 2.05) is 68.8 Å². The van der Waals surface area contributed by atoms with E-state index in [0.717, 1.165) is 49.4 Å². The van der Waals surface area contributed by atoms with Crippen molar-refractivity contribution in [3.63, 3.8) is 0 Å². The van der Waals surface area contributed by atoms with E-state index in [-0.39, 0.29) is 52.7 Å². The number of carbonyl (C=O) groups is 3. The van der Waals surface area contributed by atoms with Gasteiger partial charge in [-0.1, -0.05) is 34.8 Å². The van der Waals surface area contributed by atoms with E-state index in [2.05, 4.69) is 4.98 Å². The third-order valence-corrected chi connectivity index (χ3v) is 8.48. The number of ether oxygens (including phenoxy) is 2. The summed E-state index contributed by atoms with van der Waals surface area (Å²) in [6, 6.07) is 16.5. The molecule has 6 rings (SSSR count). The molecule has 14 heteroatoms. The van der Waals surface area contributed by atoms with Crippen LogP contribution in [0.4, 0.5) is 0 Å². The van der Waals surface area contributed by atoms with Crippen LogP contribution < -0.4 is 29.6 Å². The molecule has 0 spiro atoms. The summed E-state index contributed by atoms with van der Waals surface area (Å²) in [7, 11) is 3.56. The Labute approximate surface area is 326 Å². The average molecular weight is 753 g/mol. The largest absolute Gasteiger partial charge is 1.00 e. The Morgan fingerprint density at radius 2 is 1.08 bits per heavy atom. The standard InChI is InChI=1S/C13H14ClNO2.C12H12ClNO2.C11H10ClNO2.Na.H2O/c1-4-17-13(16)12-7-9-10(14)5-8(2)6-11(9)15(12)3;1-3-16-12(15)11-6-8-9(13)4-7(2)5-10(8)14-11;1-6-3-8(12)7-5-10(11(14)15)13(2)9(7)4-6;;/h5-7H,4H2,1-3H3;4-6,14H,3H2,1-2H3;3-5H,1-2H3,(H,14,15);;1H2/q;;;+1;/p-1. The van der Waals surface area contributed by atoms with Gasteiger partial charge in [0, 0.05) is 35.8 Å². The number of carbonyl (C=O) groups excluding carboxylic acids is 2. The van der Waals surface area contributed by atoms with Crippen molar-refractivity contribution < 1.29 is 64.0 Å². The number of nitrogens with one attached hydrogen (secondary N) is 1. The molecule has 50 heavy (non-hydrogen) atoms. The number of benzene rings is 3. The van der Waals surface area contributed by atoms with E-state index in [9.17, 15) is 14.4 Å². The Balaban J connectivity index is 0.000000255. The first-order chi connectivity index (χ1) is 22.7. The monoisotopic (exact) mass is 751 g/mol. The maximum Gasteiger partial charge on any atom is 1.00 e. The Bertz CT molecular complexity index is 2190. The van der Waals surface area contributed by atoms with Gasteiger partial charge in [0.15, 0.2) is 0 Å². The van der Waals surface area contributed by atoms with Crippen LogP contribution in [0.25, 0.3) is 32.7 Å². The summed E-state index contributed by atoms with van der Waals surface area (Å²) in [5.74, 6) is -1.62. The normalized spacial score (nSPS) is 10.4. The van der Waals surface area contributed by atoms with E-state index in [1.165, 1.54) is 0 Å². The summed E-state index contributed by atoms with van der Waals surface area (Å²) in [6.45, 7) is 10.2. The first kappa shape index (κ1) is 42.7. The molecule has 0 aliphatic rings. The van der Waals surface area contributed by atoms with Crippen LogP contribution in [-0.4, -0.2) is 55.8 Å². The van der Waals surface area contributed by atoms with Crippen molar-refractivity contribution in [2.24, 2.45) is 14.1 Å². The zero-order valence-electron chi connectivity index (χ0n) is 29.1. The molecule has 0 bridgehead atoms. The number of rotatable bonds is 5. The minimum absolute atomic E-state index is 0. The second-order valence-electron chi connectivity index (χ2n) is 11.2. The molecule has 0 amide bonds. The van der Waals surface area contributed by atoms with Crippen LogP contribution in [0.3, 0.4) is 0 Å². The third kappa shape index (κ3) is 9.44. The van der Waals surface area contributed by atoms with Crippen LogP contribution >= 0.6 is 34.8 Å². The van der Waals surface area contributed by atoms with Crippen molar-refractivity contribution in [3.8, 4) is 0 Å². The van der Waals surface area contributed by atoms with Crippen LogP contribution in [0, 0.1) is 20.8 Å². The number of halogens is 3. The number of carboxylic acid groups (broad SMARTS) is 1. The fourth-order valence-electron chi connectivity index (χ4n) is 5.29. The van der Waals surface area contributed by atoms with Crippen molar-refractivity contribution >= 4 is 85.4 Å². The van der Waals surface area contributed by atoms with Gasteiger partial charge in [0.2, 0.25) is 0 Å². The topological polar surface area (TPSA) is 146 Å². The van der Waals surface area contributed by atoms with Crippen LogP contribution in [0.1, 0.15) is 62.0 Å². The zero-order valence-corrected chi connectivity index (χ0v) is 33.3. The van der Waals surface area contributed by atoms with Crippen LogP contribution in [0.2, 0.25) is 15.1 Å². The van der Waals surface area contributed by atoms with Gasteiger partial charge in [-0.05, 0) is 106 Å². The smallest absolute Gasteiger partial charge is 0.870 e. The van der Waals surface area contributed by atoms with Crippen molar-refractivity contribution in [2.75, 3.05) is 13.2 Å². The molecule has 0 saturated heterocycles. The van der Waals surface area contributed by atoms with E-state index in [1.54, 1.807) is 43.7 Å². The fourth-order valence-corrected chi connectivity index (χ4v) is 6.27. The summed E-state index contributed by atoms with van der Waals surface area (Å²) in [4.78, 5) is 37.2. The van der Waals surface area contributed by atoms with Crippen LogP contribution in [0.15, 0.2) is 54.6 Å². The minimum atomic E-state index is -0.942. The summed E-state index contributed by atoms with van der Waals surface area (Å²) in [6.07, 6.45) is 0. The van der Waals surface area contributed by atoms with E-state index < -0.39 is 5.97 Å². The third-order valence-electron chi connectivity index (χ3n) is 7.54. The van der Waals surface area contributed by atoms with Gasteiger partial charge in [-0.2, -0.15) is 0 Å². The molecule has 0 saturated carbocycles. The van der Waals surface area contributed by atoms with Gasteiger partial charge >= 0.3 is 47.5 Å². The second kappa shape index (κ2) is 18.1. The number of fused-ring (bicyclic) bond motifs is 3. The summed E-state index contributed by atoms with van der Waals surface area (Å²) >= 11 is 18.3. The number of carboxylic acids is 1. The first-order valence-corrected chi connectivity index (χ1v) is 16.2. The zero-order chi connectivity index (χ0) is 35.4. The molecule has 3 aromatic carbocycles. The summed E-state index contributed by atoms with van der Waals surface area (Å²) in [5.41, 5.74) is 6.99. The molecular weight excluding hydrogens is 716 g/mol. The SMILES string of the molecule is CCOC(=O)c1cc2c(Cl)cc(C)cc2[nH]1.CCOC(=O)c1cc2c(Cl)cc(C)cc2n1C.Cc1cc(Cl)c2cc(C(=O)O)n(C)c2c1.[Na+].[OH-]. The molecule has 260 valence electrons. The summed E-state index contributed by atoms with van der Waals surface area (Å²) in [5, 5.41) is 13.4. The van der Waals surface area contributed by atoms with E-state index in [4.69, 9.17) is 49.4 Å². The van der Waals surface area contributed by atoms with Gasteiger partial charge in [-0.25, -0.2) is 14.4 Å². The van der Waals surface area contributed by atoms with Gasteiger partial charge in [-0.3, -0.25) is 0 Å². The second-order valence-corrected chi connectivity index (χ2v) is 12.4. The van der Waals surface area contributed by atoms with Crippen molar-refractivity contribution in [1.82, 2.24) is 14.1 Å². The number of hydrogen-bond acceptors (Lipinski definition) is 6. The number of aryl methyl sites for hydroxylation is 5. The van der Waals surface area contributed by atoms with Gasteiger partial charge in [0.1, 0.15) is 17.1 Å². The van der Waals surface area contributed by atoms with Gasteiger partial charge in [0.05, 0.1) is 39.3 Å². The molecule has 0 radical (unpaired) electrons. The predicted octanol–water partition coefficient (Wildman–Crippen LogP) is 6.29. The Morgan fingerprint density at radius 3 is 1.56 bits per heavy atom. The summed E-state index contributed by atoms with van der Waals surface area (Å²) < 4.78 is 13.4. The minimum Gasteiger partial charge on any atom is -0.870 e. The number of esters is 2. The maximum absolute atomic E-state index is 11.7. The number of aromatic carboxylic acids is 1. The molecule has 10 nitrogen and oxygen atoms in total. The number of aromatic nitrogens is 3. The van der Waals surface area contributed by atoms with E-state index >= 15 is 0 Å². The Morgan fingerprint density at radius 1 is 0.660 bits per heavy atom. The van der Waals surface area contributed by atoms with Gasteiger partial charge in [0.25, 0.3) is 0 Å². The molecule has 0 atom stereocenters. The predicted molar refractivity (Wildman–Crippen MR) is 194 cm³/mol. The molecule has 3 aromatic heterocycles. The maximum atomic E-state index is 11.7. The molecule has 6 aromatic rings. The van der Waals surface area contributed by atoms with Gasteiger partial charge < -0.3 is 34.2 Å². The number of hydrogen-bond donors (Lipinski definition) is 2. The quantitative estimate of drug-likeness (QED) is 0.156. The molecule has 0 aliphatic carbocycles. The average Bonchev–Trinajstić information content (AvgIpc) is 3.69. The number of H-pyrrole nitrogens is 1. The van der Waals surface area contributed by atoms with Crippen molar-refractivity contribution in [3.05, 3.63) is 103 Å². The molecule has 0 fully saturated rings. The molecule has 3 heterocycles. The van der Waals surface area contributed by atoms with Gasteiger partial charge in [-0.15, -0.1) is 0 Å². The first-order valence-electron chi connectivity index (χ1n) is 15.0. The van der Waals surface area contributed by atoms with E-state index in [0.29, 0.717) is 39.7 Å². The molecule has 0 aliphatic heterocycles. The molecule has 0 unspecified atom stereocenters. The fraction of sp³-hybridized carbons (Fsp3) is 0.250. The van der Waals surface area contributed by atoms with Crippen molar-refractivity contribution in [2.45, 2.75) is 34.6 Å². The molecular formula is C36H37Cl3N3NaO7.